The fourth-order valence-electron chi connectivity index (χ4n) is 2.04. The second-order valence-corrected chi connectivity index (χ2v) is 5.88. The molecule has 7 heteroatoms. The predicted molar refractivity (Wildman–Crippen MR) is 85.6 cm³/mol. The van der Waals surface area contributed by atoms with E-state index in [4.69, 9.17) is 0 Å². The van der Waals surface area contributed by atoms with E-state index in [1.165, 1.54) is 22.0 Å². The number of hydrogen-bond acceptors (Lipinski definition) is 5. The Bertz CT molecular complexity index is 913. The average molecular weight is 314 g/mol. The number of carbonyl (C=O) groups is 1. The number of rotatable bonds is 3. The largest absolute Gasteiger partial charge is 0.316 e. The van der Waals surface area contributed by atoms with Crippen molar-refractivity contribution in [2.75, 3.05) is 5.32 Å². The van der Waals surface area contributed by atoms with Gasteiger partial charge in [0.15, 0.2) is 0 Å². The maximum atomic E-state index is 12.3. The molecule has 0 saturated carbocycles. The summed E-state index contributed by atoms with van der Waals surface area (Å²) in [5.74, 6) is -0.339. The second kappa shape index (κ2) is 5.69. The van der Waals surface area contributed by atoms with Gasteiger partial charge in [-0.1, -0.05) is 36.0 Å². The minimum Gasteiger partial charge on any atom is -0.316 e. The molecule has 0 atom stereocenters. The number of fused-ring (bicyclic) bond motifs is 1. The zero-order chi connectivity index (χ0) is 15.7. The molecule has 2 aromatic heterocycles. The summed E-state index contributed by atoms with van der Waals surface area (Å²) in [4.78, 5) is 29.3. The third-order valence-electron chi connectivity index (χ3n) is 3.16. The molecule has 6 nitrogen and oxygen atoms in total. The fraction of sp³-hybridized carbons (Fsp3) is 0.200. The Morgan fingerprint density at radius 3 is 2.95 bits per heavy atom. The van der Waals surface area contributed by atoms with Crippen LogP contribution in [0.4, 0.5) is 5.69 Å². The molecule has 0 unspecified atom stereocenters. The summed E-state index contributed by atoms with van der Waals surface area (Å²) in [6.07, 6.45) is 2.11. The Hall–Kier alpha value is -2.54. The topological polar surface area (TPSA) is 76.4 Å². The first kappa shape index (κ1) is 14.4. The number of carbonyl (C=O) groups excluding carboxylic acids is 1. The number of benzene rings is 1. The van der Waals surface area contributed by atoms with Gasteiger partial charge < -0.3 is 5.32 Å². The van der Waals surface area contributed by atoms with Crippen LogP contribution in [0.1, 0.15) is 27.9 Å². The maximum absolute atomic E-state index is 12.3. The first-order chi connectivity index (χ1) is 10.6. The summed E-state index contributed by atoms with van der Waals surface area (Å²) in [5.41, 5.74) is 1.22. The van der Waals surface area contributed by atoms with Crippen LogP contribution in [0.3, 0.4) is 0 Å². The van der Waals surface area contributed by atoms with Gasteiger partial charge >= 0.3 is 0 Å². The molecule has 1 amide bonds. The van der Waals surface area contributed by atoms with Crippen molar-refractivity contribution in [2.24, 2.45) is 0 Å². The molecule has 0 aliphatic rings. The summed E-state index contributed by atoms with van der Waals surface area (Å²) >= 11 is 1.37. The van der Waals surface area contributed by atoms with Gasteiger partial charge in [0.2, 0.25) is 4.96 Å². The highest BCUT2D eigenvalue weighted by Crippen LogP contribution is 2.13. The molecular formula is C15H14N4O2S. The van der Waals surface area contributed by atoms with Gasteiger partial charge in [0.1, 0.15) is 10.7 Å². The number of anilines is 1. The molecule has 2 heterocycles. The van der Waals surface area contributed by atoms with Crippen molar-refractivity contribution >= 4 is 27.9 Å². The smallest absolute Gasteiger partial charge is 0.298 e. The van der Waals surface area contributed by atoms with E-state index in [0.29, 0.717) is 10.5 Å². The van der Waals surface area contributed by atoms with E-state index in [0.717, 1.165) is 17.0 Å². The van der Waals surface area contributed by atoms with E-state index < -0.39 is 0 Å². The molecule has 0 radical (unpaired) electrons. The van der Waals surface area contributed by atoms with Gasteiger partial charge in [-0.2, -0.15) is 9.61 Å². The van der Waals surface area contributed by atoms with Crippen LogP contribution >= 0.6 is 11.3 Å². The normalized spacial score (nSPS) is 10.8. The van der Waals surface area contributed by atoms with Crippen molar-refractivity contribution in [3.8, 4) is 0 Å². The summed E-state index contributed by atoms with van der Waals surface area (Å²) in [6.45, 7) is 3.87. The Morgan fingerprint density at radius 2 is 2.23 bits per heavy atom. The van der Waals surface area contributed by atoms with Crippen molar-refractivity contribution in [1.82, 2.24) is 14.6 Å². The number of nitrogens with one attached hydrogen (secondary N) is 1. The SMILES string of the molecule is CCc1nn2c(=O)c(NC(=O)c3cccc(C)c3)cnc2s1. The first-order valence-corrected chi connectivity index (χ1v) is 7.66. The lowest BCUT2D eigenvalue weighted by Crippen LogP contribution is -2.23. The molecule has 22 heavy (non-hydrogen) atoms. The average Bonchev–Trinajstić information content (AvgIpc) is 2.94. The first-order valence-electron chi connectivity index (χ1n) is 6.84. The quantitative estimate of drug-likeness (QED) is 0.804. The van der Waals surface area contributed by atoms with E-state index >= 15 is 0 Å². The van der Waals surface area contributed by atoms with E-state index in [1.807, 2.05) is 19.9 Å². The molecule has 0 aliphatic heterocycles. The Balaban J connectivity index is 1.95. The van der Waals surface area contributed by atoms with Crippen LogP contribution in [-0.4, -0.2) is 20.5 Å². The molecule has 0 saturated heterocycles. The van der Waals surface area contributed by atoms with Gasteiger partial charge in [0.05, 0.1) is 6.20 Å². The molecule has 112 valence electrons. The summed E-state index contributed by atoms with van der Waals surface area (Å²) < 4.78 is 1.23. The van der Waals surface area contributed by atoms with Gasteiger partial charge in [0.25, 0.3) is 11.5 Å². The van der Waals surface area contributed by atoms with E-state index in [2.05, 4.69) is 15.4 Å². The number of aromatic nitrogens is 3. The fourth-order valence-corrected chi connectivity index (χ4v) is 2.83. The number of amides is 1. The zero-order valence-corrected chi connectivity index (χ0v) is 13.0. The lowest BCUT2D eigenvalue weighted by atomic mass is 10.1. The maximum Gasteiger partial charge on any atom is 0.298 e. The summed E-state index contributed by atoms with van der Waals surface area (Å²) in [6, 6.07) is 7.16. The van der Waals surface area contributed by atoms with Gasteiger partial charge in [-0.25, -0.2) is 4.98 Å². The van der Waals surface area contributed by atoms with Crippen LogP contribution in [0.2, 0.25) is 0 Å². The highest BCUT2D eigenvalue weighted by Gasteiger charge is 2.13. The lowest BCUT2D eigenvalue weighted by Gasteiger charge is -2.04. The van der Waals surface area contributed by atoms with Crippen LogP contribution in [0.5, 0.6) is 0 Å². The van der Waals surface area contributed by atoms with Gasteiger partial charge in [-0.3, -0.25) is 9.59 Å². The van der Waals surface area contributed by atoms with Crippen molar-refractivity contribution in [1.29, 1.82) is 0 Å². The Labute approximate surface area is 130 Å². The van der Waals surface area contributed by atoms with Crippen molar-refractivity contribution in [3.63, 3.8) is 0 Å². The van der Waals surface area contributed by atoms with Gasteiger partial charge in [-0.05, 0) is 25.5 Å². The molecule has 0 spiro atoms. The van der Waals surface area contributed by atoms with Crippen LogP contribution < -0.4 is 10.9 Å². The van der Waals surface area contributed by atoms with Crippen molar-refractivity contribution in [2.45, 2.75) is 20.3 Å². The molecule has 0 fully saturated rings. The summed E-state index contributed by atoms with van der Waals surface area (Å²) in [7, 11) is 0. The minimum atomic E-state index is -0.373. The molecule has 0 aliphatic carbocycles. The monoisotopic (exact) mass is 314 g/mol. The minimum absolute atomic E-state index is 0.122. The highest BCUT2D eigenvalue weighted by atomic mass is 32.1. The van der Waals surface area contributed by atoms with Gasteiger partial charge in [-0.15, -0.1) is 0 Å². The third-order valence-corrected chi connectivity index (χ3v) is 4.23. The van der Waals surface area contributed by atoms with Crippen LogP contribution in [0, 0.1) is 6.92 Å². The standard InChI is InChI=1S/C15H14N4O2S/c1-3-12-18-19-14(21)11(8-16-15(19)22-12)17-13(20)10-6-4-5-9(2)7-10/h4-8H,3H2,1-2H3,(H,17,20). The third kappa shape index (κ3) is 2.62. The van der Waals surface area contributed by atoms with Gasteiger partial charge in [0, 0.05) is 5.56 Å². The molecule has 3 rings (SSSR count). The second-order valence-electron chi connectivity index (χ2n) is 4.84. The zero-order valence-electron chi connectivity index (χ0n) is 12.2. The molecule has 0 bridgehead atoms. The van der Waals surface area contributed by atoms with E-state index in [1.54, 1.807) is 18.2 Å². The molecular weight excluding hydrogens is 300 g/mol. The molecule has 3 aromatic rings. The molecule has 1 N–H and O–H groups in total. The van der Waals surface area contributed by atoms with E-state index in [9.17, 15) is 9.59 Å². The number of nitrogens with zero attached hydrogens (tertiary/aromatic N) is 3. The number of aryl methyl sites for hydroxylation is 2. The van der Waals surface area contributed by atoms with Crippen molar-refractivity contribution in [3.05, 3.63) is 57.0 Å². The van der Waals surface area contributed by atoms with E-state index in [-0.39, 0.29) is 17.2 Å². The molecule has 1 aromatic carbocycles. The van der Waals surface area contributed by atoms with Crippen LogP contribution in [0.25, 0.3) is 4.96 Å². The predicted octanol–water partition coefficient (Wildman–Crippen LogP) is 2.27. The number of hydrogen-bond donors (Lipinski definition) is 1. The highest BCUT2D eigenvalue weighted by molar-refractivity contribution is 7.16. The summed E-state index contributed by atoms with van der Waals surface area (Å²) in [5, 5.41) is 7.62. The Morgan fingerprint density at radius 1 is 1.41 bits per heavy atom. The lowest BCUT2D eigenvalue weighted by molar-refractivity contribution is 0.102. The van der Waals surface area contributed by atoms with Crippen molar-refractivity contribution < 1.29 is 4.79 Å². The van der Waals surface area contributed by atoms with Crippen LogP contribution in [-0.2, 0) is 6.42 Å². The Kier molecular flexibility index (Phi) is 3.72. The van der Waals surface area contributed by atoms with Crippen LogP contribution in [0.15, 0.2) is 35.3 Å².